The number of carbonyl (C=O) groups excluding carboxylic acids is 1. The minimum absolute atomic E-state index is 0.115. The molecule has 0 unspecified atom stereocenters. The number of carbonyl (C=O) groups is 1. The van der Waals surface area contributed by atoms with Gasteiger partial charge in [-0.15, -0.1) is 6.58 Å². The second-order valence-electron chi connectivity index (χ2n) is 3.31. The van der Waals surface area contributed by atoms with Crippen molar-refractivity contribution in [3.63, 3.8) is 0 Å². The van der Waals surface area contributed by atoms with Crippen LogP contribution in [0.4, 0.5) is 0 Å². The molecular weight excluding hydrogens is 218 g/mol. The minimum atomic E-state index is -0.288. The summed E-state index contributed by atoms with van der Waals surface area (Å²) in [5, 5.41) is 17.5. The SMILES string of the molecule is C=CCN(CCO)C(=O)c1ccc(C#N)cn1. The molecular formula is C12H13N3O2. The van der Waals surface area contributed by atoms with E-state index in [1.54, 1.807) is 6.08 Å². The van der Waals surface area contributed by atoms with E-state index in [1.165, 1.54) is 23.2 Å². The van der Waals surface area contributed by atoms with E-state index in [2.05, 4.69) is 11.6 Å². The van der Waals surface area contributed by atoms with Crippen LogP contribution >= 0.6 is 0 Å². The number of aliphatic hydroxyl groups excluding tert-OH is 1. The lowest BCUT2D eigenvalue weighted by Gasteiger charge is -2.19. The predicted molar refractivity (Wildman–Crippen MR) is 62.1 cm³/mol. The Labute approximate surface area is 99.6 Å². The fourth-order valence-corrected chi connectivity index (χ4v) is 1.30. The summed E-state index contributed by atoms with van der Waals surface area (Å²) in [6, 6.07) is 4.96. The van der Waals surface area contributed by atoms with E-state index in [4.69, 9.17) is 10.4 Å². The molecule has 0 aliphatic heterocycles. The molecule has 1 N–H and O–H groups in total. The van der Waals surface area contributed by atoms with Crippen LogP contribution in [0.25, 0.3) is 0 Å². The van der Waals surface area contributed by atoms with E-state index >= 15 is 0 Å². The zero-order valence-corrected chi connectivity index (χ0v) is 9.33. The van der Waals surface area contributed by atoms with Crippen LogP contribution in [0.3, 0.4) is 0 Å². The van der Waals surface area contributed by atoms with Gasteiger partial charge in [-0.2, -0.15) is 5.26 Å². The first kappa shape index (κ1) is 12.9. The number of aliphatic hydroxyl groups is 1. The fraction of sp³-hybridized carbons (Fsp3) is 0.250. The lowest BCUT2D eigenvalue weighted by atomic mass is 10.2. The molecule has 5 nitrogen and oxygen atoms in total. The van der Waals surface area contributed by atoms with Gasteiger partial charge < -0.3 is 10.0 Å². The lowest BCUT2D eigenvalue weighted by molar-refractivity contribution is 0.0737. The van der Waals surface area contributed by atoms with Crippen molar-refractivity contribution >= 4 is 5.91 Å². The van der Waals surface area contributed by atoms with E-state index in [0.717, 1.165) is 0 Å². The lowest BCUT2D eigenvalue weighted by Crippen LogP contribution is -2.34. The van der Waals surface area contributed by atoms with Gasteiger partial charge >= 0.3 is 0 Å². The van der Waals surface area contributed by atoms with Crippen LogP contribution < -0.4 is 0 Å². The van der Waals surface area contributed by atoms with Gasteiger partial charge in [0, 0.05) is 19.3 Å². The fourth-order valence-electron chi connectivity index (χ4n) is 1.30. The van der Waals surface area contributed by atoms with E-state index in [1.807, 2.05) is 6.07 Å². The molecule has 0 bridgehead atoms. The quantitative estimate of drug-likeness (QED) is 0.752. The third-order valence-corrected chi connectivity index (χ3v) is 2.12. The highest BCUT2D eigenvalue weighted by atomic mass is 16.3. The van der Waals surface area contributed by atoms with E-state index in [-0.39, 0.29) is 24.8 Å². The van der Waals surface area contributed by atoms with Gasteiger partial charge in [-0.25, -0.2) is 4.98 Å². The van der Waals surface area contributed by atoms with Crippen molar-refractivity contribution in [1.29, 1.82) is 5.26 Å². The highest BCUT2D eigenvalue weighted by Crippen LogP contribution is 2.03. The van der Waals surface area contributed by atoms with Gasteiger partial charge in [0.05, 0.1) is 12.2 Å². The molecule has 1 amide bonds. The van der Waals surface area contributed by atoms with Crippen LogP contribution in [0.15, 0.2) is 31.0 Å². The molecule has 88 valence electrons. The summed E-state index contributed by atoms with van der Waals surface area (Å²) < 4.78 is 0. The molecule has 0 aliphatic rings. The van der Waals surface area contributed by atoms with E-state index < -0.39 is 0 Å². The third-order valence-electron chi connectivity index (χ3n) is 2.12. The van der Waals surface area contributed by atoms with Gasteiger partial charge in [-0.1, -0.05) is 6.08 Å². The maximum absolute atomic E-state index is 11.9. The first-order chi connectivity index (χ1) is 8.22. The number of hydrogen-bond donors (Lipinski definition) is 1. The Morgan fingerprint density at radius 3 is 2.88 bits per heavy atom. The summed E-state index contributed by atoms with van der Waals surface area (Å²) in [5.41, 5.74) is 0.651. The summed E-state index contributed by atoms with van der Waals surface area (Å²) >= 11 is 0. The molecule has 0 saturated carbocycles. The molecule has 0 aromatic carbocycles. The molecule has 17 heavy (non-hydrogen) atoms. The van der Waals surface area contributed by atoms with Crippen molar-refractivity contribution < 1.29 is 9.90 Å². The zero-order chi connectivity index (χ0) is 12.7. The number of rotatable bonds is 5. The Kier molecular flexibility index (Phi) is 4.85. The van der Waals surface area contributed by atoms with Gasteiger partial charge in [0.25, 0.3) is 5.91 Å². The summed E-state index contributed by atoms with van der Waals surface area (Å²) in [6.07, 6.45) is 2.93. The number of amides is 1. The second kappa shape index (κ2) is 6.40. The van der Waals surface area contributed by atoms with Crippen molar-refractivity contribution in [3.8, 4) is 6.07 Å². The molecule has 1 aromatic rings. The molecule has 0 saturated heterocycles. The minimum Gasteiger partial charge on any atom is -0.395 e. The highest BCUT2D eigenvalue weighted by Gasteiger charge is 2.14. The molecule has 1 rings (SSSR count). The number of pyridine rings is 1. The summed E-state index contributed by atoms with van der Waals surface area (Å²) in [4.78, 5) is 17.3. The maximum atomic E-state index is 11.9. The Morgan fingerprint density at radius 1 is 1.65 bits per heavy atom. The standard InChI is InChI=1S/C12H13N3O2/c1-2-5-15(6-7-16)12(17)11-4-3-10(8-13)9-14-11/h2-4,9,16H,1,5-7H2. The number of nitrogens with zero attached hydrogens (tertiary/aromatic N) is 3. The van der Waals surface area contributed by atoms with E-state index in [9.17, 15) is 4.79 Å². The smallest absolute Gasteiger partial charge is 0.272 e. The van der Waals surface area contributed by atoms with Crippen molar-refractivity contribution in [3.05, 3.63) is 42.2 Å². The molecule has 0 spiro atoms. The Balaban J connectivity index is 2.85. The van der Waals surface area contributed by atoms with Gasteiger partial charge in [-0.05, 0) is 12.1 Å². The van der Waals surface area contributed by atoms with Crippen LogP contribution in [0.2, 0.25) is 0 Å². The Morgan fingerprint density at radius 2 is 2.41 bits per heavy atom. The van der Waals surface area contributed by atoms with Crippen LogP contribution in [-0.2, 0) is 0 Å². The Bertz CT molecular complexity index is 434. The van der Waals surface area contributed by atoms with Crippen molar-refractivity contribution in [2.24, 2.45) is 0 Å². The van der Waals surface area contributed by atoms with Crippen LogP contribution in [0, 0.1) is 11.3 Å². The average Bonchev–Trinajstić information content (AvgIpc) is 2.38. The molecule has 0 radical (unpaired) electrons. The van der Waals surface area contributed by atoms with Crippen LogP contribution in [0.1, 0.15) is 16.1 Å². The highest BCUT2D eigenvalue weighted by molar-refractivity contribution is 5.92. The Hall–Kier alpha value is -2.19. The van der Waals surface area contributed by atoms with Crippen molar-refractivity contribution in [1.82, 2.24) is 9.88 Å². The second-order valence-corrected chi connectivity index (χ2v) is 3.31. The average molecular weight is 231 g/mol. The molecule has 5 heteroatoms. The number of aromatic nitrogens is 1. The zero-order valence-electron chi connectivity index (χ0n) is 9.33. The van der Waals surface area contributed by atoms with Crippen LogP contribution in [-0.4, -0.2) is 40.6 Å². The van der Waals surface area contributed by atoms with E-state index in [0.29, 0.717) is 12.1 Å². The van der Waals surface area contributed by atoms with Crippen molar-refractivity contribution in [2.45, 2.75) is 0 Å². The first-order valence-electron chi connectivity index (χ1n) is 5.10. The molecule has 1 heterocycles. The van der Waals surface area contributed by atoms with Gasteiger partial charge in [-0.3, -0.25) is 4.79 Å². The molecule has 0 fully saturated rings. The number of hydrogen-bond acceptors (Lipinski definition) is 4. The molecule has 0 atom stereocenters. The van der Waals surface area contributed by atoms with Crippen molar-refractivity contribution in [2.75, 3.05) is 19.7 Å². The van der Waals surface area contributed by atoms with Gasteiger partial charge in [0.2, 0.25) is 0 Å². The summed E-state index contributed by atoms with van der Waals surface area (Å²) in [6.45, 7) is 4.01. The third kappa shape index (κ3) is 3.40. The van der Waals surface area contributed by atoms with Gasteiger partial charge in [0.15, 0.2) is 0 Å². The number of nitriles is 1. The largest absolute Gasteiger partial charge is 0.395 e. The first-order valence-corrected chi connectivity index (χ1v) is 5.10. The monoisotopic (exact) mass is 231 g/mol. The molecule has 1 aromatic heterocycles. The predicted octanol–water partition coefficient (Wildman–Crippen LogP) is 0.574. The van der Waals surface area contributed by atoms with Crippen LogP contribution in [0.5, 0.6) is 0 Å². The van der Waals surface area contributed by atoms with Gasteiger partial charge in [0.1, 0.15) is 11.8 Å². The molecule has 0 aliphatic carbocycles. The summed E-state index contributed by atoms with van der Waals surface area (Å²) in [5.74, 6) is -0.288. The summed E-state index contributed by atoms with van der Waals surface area (Å²) in [7, 11) is 0. The topological polar surface area (TPSA) is 77.2 Å². The normalized spacial score (nSPS) is 9.41. The maximum Gasteiger partial charge on any atom is 0.272 e.